The van der Waals surface area contributed by atoms with Gasteiger partial charge in [-0.05, 0) is 55.0 Å². The second-order valence-corrected chi connectivity index (χ2v) is 15.4. The Morgan fingerprint density at radius 3 is 2.25 bits per heavy atom. The van der Waals surface area contributed by atoms with Crippen LogP contribution in [0.25, 0.3) is 10.8 Å². The minimum atomic E-state index is -0.747. The molecule has 12 nitrogen and oxygen atoms in total. The van der Waals surface area contributed by atoms with E-state index in [9.17, 15) is 19.2 Å². The highest BCUT2D eigenvalue weighted by molar-refractivity contribution is 5.90. The minimum Gasteiger partial charge on any atom is -0.379 e. The summed E-state index contributed by atoms with van der Waals surface area (Å²) in [6, 6.07) is 6.19. The van der Waals surface area contributed by atoms with Gasteiger partial charge in [-0.3, -0.25) is 24.2 Å². The summed E-state index contributed by atoms with van der Waals surface area (Å²) in [5, 5.41) is 11.3. The van der Waals surface area contributed by atoms with E-state index in [0.29, 0.717) is 25.9 Å². The summed E-state index contributed by atoms with van der Waals surface area (Å²) in [5.74, 6) is -1.29. The number of benzene rings is 1. The summed E-state index contributed by atoms with van der Waals surface area (Å²) in [6.45, 7) is 14.7. The zero-order chi connectivity index (χ0) is 39.4. The molecular weight excluding hydrogens is 672 g/mol. The van der Waals surface area contributed by atoms with Crippen molar-refractivity contribution < 1.29 is 28.7 Å². The summed E-state index contributed by atoms with van der Waals surface area (Å²) >= 11 is 0. The van der Waals surface area contributed by atoms with Gasteiger partial charge in [-0.2, -0.15) is 0 Å². The summed E-state index contributed by atoms with van der Waals surface area (Å²) in [4.78, 5) is 62.8. The van der Waals surface area contributed by atoms with Crippen molar-refractivity contribution in [1.29, 1.82) is 0 Å². The summed E-state index contributed by atoms with van der Waals surface area (Å²) in [7, 11) is 6.65. The molecule has 1 aromatic carbocycles. The molecular formula is C41H66N6O6. The maximum absolute atomic E-state index is 14.2. The predicted molar refractivity (Wildman–Crippen MR) is 209 cm³/mol. The molecule has 3 N–H and O–H groups in total. The zero-order valence-electron chi connectivity index (χ0n) is 34.0. The maximum atomic E-state index is 14.2. The fraction of sp³-hybridized carbons (Fsp3) is 0.683. The fourth-order valence-corrected chi connectivity index (χ4v) is 7.91. The van der Waals surface area contributed by atoms with Crippen molar-refractivity contribution in [2.45, 2.75) is 117 Å². The Kier molecular flexibility index (Phi) is 17.1. The van der Waals surface area contributed by atoms with Crippen LogP contribution in [0.2, 0.25) is 0 Å². The van der Waals surface area contributed by atoms with E-state index in [1.807, 2.05) is 70.1 Å². The maximum Gasteiger partial charge on any atom is 0.245 e. The number of amides is 4. The standard InChI is InChI=1S/C41H66N6O6/c1-12-27(6)37(46(9)41(51)36(26(4)5)45-40(50)35(42-8)25(2)3)33(52-10)22-34(48)47-21-15-18-32(47)38(53-11)28(7)39(49)44-20-19-30-24-43-23-29-16-13-14-17-31(29)30/h13-14,16-17,23-28,32-33,35-38,42H,12,15,18-22H2,1-11H3,(H,44,49)(H,45,50)/t27-,28+,32-,33+,35?,36-,37?,38+/m0/s1. The van der Waals surface area contributed by atoms with Crippen molar-refractivity contribution in [3.8, 4) is 0 Å². The highest BCUT2D eigenvalue weighted by Crippen LogP contribution is 2.30. The van der Waals surface area contributed by atoms with E-state index in [2.05, 4.69) is 40.8 Å². The van der Waals surface area contributed by atoms with E-state index >= 15 is 0 Å². The number of methoxy groups -OCH3 is 2. The molecule has 1 aliphatic rings. The number of rotatable bonds is 20. The quantitative estimate of drug-likeness (QED) is 0.184. The third kappa shape index (κ3) is 11.0. The highest BCUT2D eigenvalue weighted by atomic mass is 16.5. The number of ether oxygens (including phenoxy) is 2. The molecule has 4 amide bonds. The van der Waals surface area contributed by atoms with Crippen molar-refractivity contribution >= 4 is 34.4 Å². The zero-order valence-corrected chi connectivity index (χ0v) is 34.0. The van der Waals surface area contributed by atoms with Crippen LogP contribution in [0.15, 0.2) is 36.7 Å². The van der Waals surface area contributed by atoms with Gasteiger partial charge in [-0.15, -0.1) is 0 Å². The molecule has 0 aliphatic carbocycles. The van der Waals surface area contributed by atoms with Gasteiger partial charge in [-0.25, -0.2) is 0 Å². The van der Waals surface area contributed by atoms with Crippen LogP contribution in [0.4, 0.5) is 0 Å². The number of aromatic nitrogens is 1. The van der Waals surface area contributed by atoms with Crippen LogP contribution < -0.4 is 16.0 Å². The largest absolute Gasteiger partial charge is 0.379 e. The van der Waals surface area contributed by atoms with Gasteiger partial charge in [0.1, 0.15) is 6.04 Å². The molecule has 0 radical (unpaired) electrons. The van der Waals surface area contributed by atoms with Gasteiger partial charge in [0.25, 0.3) is 0 Å². The lowest BCUT2D eigenvalue weighted by molar-refractivity contribution is -0.147. The molecule has 1 fully saturated rings. The molecule has 1 aliphatic heterocycles. The number of hydrogen-bond acceptors (Lipinski definition) is 8. The minimum absolute atomic E-state index is 0.000377. The van der Waals surface area contributed by atoms with E-state index in [-0.39, 0.29) is 53.8 Å². The first-order valence-corrected chi connectivity index (χ1v) is 19.4. The Hall–Kier alpha value is -3.61. The Balaban J connectivity index is 1.72. The number of carbonyl (C=O) groups is 4. The van der Waals surface area contributed by atoms with E-state index in [0.717, 1.165) is 29.2 Å². The van der Waals surface area contributed by atoms with Gasteiger partial charge >= 0.3 is 0 Å². The second-order valence-electron chi connectivity index (χ2n) is 15.4. The van der Waals surface area contributed by atoms with E-state index < -0.39 is 36.3 Å². The number of hydrogen-bond donors (Lipinski definition) is 3. The lowest BCUT2D eigenvalue weighted by atomic mass is 9.89. The number of pyridine rings is 1. The molecule has 8 atom stereocenters. The topological polar surface area (TPSA) is 142 Å². The molecule has 3 rings (SSSR count). The Morgan fingerprint density at radius 1 is 0.962 bits per heavy atom. The van der Waals surface area contributed by atoms with Crippen LogP contribution in [-0.4, -0.2) is 116 Å². The molecule has 2 heterocycles. The number of likely N-dealkylation sites (N-methyl/N-ethyl adjacent to an activating group) is 2. The summed E-state index contributed by atoms with van der Waals surface area (Å²) in [5.41, 5.74) is 1.07. The fourth-order valence-electron chi connectivity index (χ4n) is 7.91. The molecule has 0 bridgehead atoms. The van der Waals surface area contributed by atoms with Crippen LogP contribution in [0.1, 0.15) is 79.7 Å². The molecule has 2 unspecified atom stereocenters. The second kappa shape index (κ2) is 20.7. The number of carbonyl (C=O) groups excluding carboxylic acids is 4. The molecule has 0 spiro atoms. The van der Waals surface area contributed by atoms with Gasteiger partial charge in [-0.1, -0.05) is 79.2 Å². The van der Waals surface area contributed by atoms with Crippen LogP contribution >= 0.6 is 0 Å². The molecule has 2 aromatic rings. The first kappa shape index (κ1) is 43.8. The average Bonchev–Trinajstić information content (AvgIpc) is 3.63. The molecule has 296 valence electrons. The van der Waals surface area contributed by atoms with Crippen LogP contribution in [0.5, 0.6) is 0 Å². The van der Waals surface area contributed by atoms with Crippen molar-refractivity contribution in [2.24, 2.45) is 23.7 Å². The van der Waals surface area contributed by atoms with E-state index in [1.165, 1.54) is 0 Å². The SMILES string of the molecule is CC[C@H](C)C([C@@H](CC(=O)N1CCC[C@H]1[C@H](OC)[C@@H](C)C(=O)NCCc1cncc2ccccc12)OC)N(C)C(=O)[C@@H](NC(=O)C(NC)C(C)C)C(C)C. The number of nitrogens with zero attached hydrogens (tertiary/aromatic N) is 3. The number of nitrogens with one attached hydrogen (secondary N) is 3. The normalized spacial score (nSPS) is 18.7. The van der Waals surface area contributed by atoms with Gasteiger partial charge in [0.05, 0.1) is 42.7 Å². The van der Waals surface area contributed by atoms with Crippen LogP contribution in [0, 0.1) is 23.7 Å². The average molecular weight is 739 g/mol. The highest BCUT2D eigenvalue weighted by Gasteiger charge is 2.43. The first-order valence-electron chi connectivity index (χ1n) is 19.4. The third-order valence-electron chi connectivity index (χ3n) is 11.2. The lowest BCUT2D eigenvalue weighted by Crippen LogP contribution is -2.59. The molecule has 12 heteroatoms. The first-order chi connectivity index (χ1) is 25.2. The van der Waals surface area contributed by atoms with Crippen LogP contribution in [-0.2, 0) is 35.1 Å². The summed E-state index contributed by atoms with van der Waals surface area (Å²) < 4.78 is 12.0. The molecule has 53 heavy (non-hydrogen) atoms. The smallest absolute Gasteiger partial charge is 0.245 e. The Labute approximate surface area is 317 Å². The van der Waals surface area contributed by atoms with Crippen LogP contribution in [0.3, 0.4) is 0 Å². The predicted octanol–water partition coefficient (Wildman–Crippen LogP) is 4.20. The molecule has 1 aromatic heterocycles. The Morgan fingerprint density at radius 2 is 1.64 bits per heavy atom. The van der Waals surface area contributed by atoms with Crippen molar-refractivity contribution in [1.82, 2.24) is 30.7 Å². The van der Waals surface area contributed by atoms with E-state index in [4.69, 9.17) is 9.47 Å². The van der Waals surface area contributed by atoms with Crippen molar-refractivity contribution in [2.75, 3.05) is 41.4 Å². The number of likely N-dealkylation sites (tertiary alicyclic amines) is 1. The third-order valence-corrected chi connectivity index (χ3v) is 11.2. The molecule has 0 saturated carbocycles. The van der Waals surface area contributed by atoms with Crippen molar-refractivity contribution in [3.63, 3.8) is 0 Å². The van der Waals surface area contributed by atoms with E-state index in [1.54, 1.807) is 33.2 Å². The number of fused-ring (bicyclic) bond motifs is 1. The van der Waals surface area contributed by atoms with Gasteiger partial charge in [0.2, 0.25) is 23.6 Å². The van der Waals surface area contributed by atoms with Gasteiger partial charge in [0.15, 0.2) is 0 Å². The lowest BCUT2D eigenvalue weighted by Gasteiger charge is -2.41. The molecule has 1 saturated heterocycles. The van der Waals surface area contributed by atoms with Crippen molar-refractivity contribution in [3.05, 3.63) is 42.2 Å². The van der Waals surface area contributed by atoms with Gasteiger partial charge < -0.3 is 35.2 Å². The van der Waals surface area contributed by atoms with Gasteiger partial charge in [0, 0.05) is 52.1 Å². The Bertz CT molecular complexity index is 1500. The summed E-state index contributed by atoms with van der Waals surface area (Å²) in [6.07, 6.45) is 5.56. The monoisotopic (exact) mass is 739 g/mol.